The van der Waals surface area contributed by atoms with E-state index in [2.05, 4.69) is 4.98 Å². The van der Waals surface area contributed by atoms with E-state index in [1.165, 1.54) is 0 Å². The second-order valence-corrected chi connectivity index (χ2v) is 6.93. The van der Waals surface area contributed by atoms with Gasteiger partial charge in [-0.05, 0) is 41.3 Å². The van der Waals surface area contributed by atoms with E-state index in [4.69, 9.17) is 9.47 Å². The van der Waals surface area contributed by atoms with Gasteiger partial charge < -0.3 is 14.6 Å². The Kier molecular flexibility index (Phi) is 4.98. The number of carboxylic acid groups (broad SMARTS) is 1. The zero-order valence-corrected chi connectivity index (χ0v) is 15.5. The molecule has 0 radical (unpaired) electrons. The first-order valence-corrected chi connectivity index (χ1v) is 9.18. The number of nitrogens with zero attached hydrogens (tertiary/aromatic N) is 1. The van der Waals surface area contributed by atoms with E-state index in [-0.39, 0.29) is 11.8 Å². The van der Waals surface area contributed by atoms with Crippen molar-refractivity contribution < 1.29 is 19.4 Å². The van der Waals surface area contributed by atoms with Crippen molar-refractivity contribution in [2.75, 3.05) is 7.11 Å². The molecule has 1 aliphatic rings. The maximum Gasteiger partial charge on any atom is 0.307 e. The van der Waals surface area contributed by atoms with Crippen LogP contribution in [0, 0.1) is 5.92 Å². The first-order chi connectivity index (χ1) is 13.7. The molecule has 4 rings (SSSR count). The highest BCUT2D eigenvalue weighted by Gasteiger charge is 2.45. The molecule has 2 atom stereocenters. The molecule has 0 spiro atoms. The topological polar surface area (TPSA) is 68.7 Å². The van der Waals surface area contributed by atoms with Crippen LogP contribution in [0.2, 0.25) is 0 Å². The summed E-state index contributed by atoms with van der Waals surface area (Å²) < 4.78 is 11.3. The lowest BCUT2D eigenvalue weighted by molar-refractivity contribution is -0.138. The van der Waals surface area contributed by atoms with E-state index in [9.17, 15) is 9.90 Å². The van der Waals surface area contributed by atoms with Gasteiger partial charge in [0.2, 0.25) is 0 Å². The van der Waals surface area contributed by atoms with Crippen LogP contribution in [0.3, 0.4) is 0 Å². The maximum atomic E-state index is 11.3. The van der Waals surface area contributed by atoms with Gasteiger partial charge in [-0.3, -0.25) is 9.78 Å². The molecule has 0 amide bonds. The Morgan fingerprint density at radius 3 is 2.64 bits per heavy atom. The summed E-state index contributed by atoms with van der Waals surface area (Å²) in [5.74, 6) is 0.326. The predicted octanol–water partition coefficient (Wildman–Crippen LogP) is 4.52. The number of aliphatic carboxylic acids is 1. The molecule has 1 heterocycles. The monoisotopic (exact) mass is 375 g/mol. The lowest BCUT2D eigenvalue weighted by Crippen LogP contribution is -2.00. The van der Waals surface area contributed by atoms with Gasteiger partial charge >= 0.3 is 5.97 Å². The average Bonchev–Trinajstić information content (AvgIpc) is 3.54. The van der Waals surface area contributed by atoms with Crippen molar-refractivity contribution in [3.63, 3.8) is 0 Å². The molecule has 1 aromatic heterocycles. The number of hydrogen-bond acceptors (Lipinski definition) is 4. The SMILES string of the molecule is COc1ccc(-c2cncc(OCc3ccccc3)c2)cc1C1CC1C(=O)O. The summed E-state index contributed by atoms with van der Waals surface area (Å²) in [6, 6.07) is 17.8. The van der Waals surface area contributed by atoms with Gasteiger partial charge in [0.25, 0.3) is 0 Å². The van der Waals surface area contributed by atoms with Crippen molar-refractivity contribution in [1.82, 2.24) is 4.98 Å². The van der Waals surface area contributed by atoms with Crippen LogP contribution >= 0.6 is 0 Å². The van der Waals surface area contributed by atoms with Crippen LogP contribution in [0.15, 0.2) is 67.0 Å². The van der Waals surface area contributed by atoms with Gasteiger partial charge in [0, 0.05) is 17.7 Å². The van der Waals surface area contributed by atoms with Crippen molar-refractivity contribution in [3.05, 3.63) is 78.1 Å². The standard InChI is InChI=1S/C23H21NO4/c1-27-22-8-7-16(10-20(22)19-11-21(19)23(25)26)17-9-18(13-24-12-17)28-14-15-5-3-2-4-6-15/h2-10,12-13,19,21H,11,14H2,1H3,(H,25,26). The number of rotatable bonds is 7. The zero-order chi connectivity index (χ0) is 19.5. The first kappa shape index (κ1) is 18.0. The van der Waals surface area contributed by atoms with Crippen LogP contribution in [0.25, 0.3) is 11.1 Å². The van der Waals surface area contributed by atoms with Gasteiger partial charge in [0.1, 0.15) is 18.1 Å². The fraction of sp³-hybridized carbons (Fsp3) is 0.217. The van der Waals surface area contributed by atoms with Crippen LogP contribution in [-0.4, -0.2) is 23.2 Å². The zero-order valence-electron chi connectivity index (χ0n) is 15.5. The highest BCUT2D eigenvalue weighted by Crippen LogP contribution is 2.51. The van der Waals surface area contributed by atoms with Crippen molar-refractivity contribution in [1.29, 1.82) is 0 Å². The molecule has 5 heteroatoms. The number of benzene rings is 2. The quantitative estimate of drug-likeness (QED) is 0.657. The van der Waals surface area contributed by atoms with Crippen LogP contribution in [0.1, 0.15) is 23.5 Å². The van der Waals surface area contributed by atoms with E-state index in [0.717, 1.165) is 28.0 Å². The van der Waals surface area contributed by atoms with Gasteiger partial charge in [-0.15, -0.1) is 0 Å². The van der Waals surface area contributed by atoms with Crippen LogP contribution < -0.4 is 9.47 Å². The Hall–Kier alpha value is -3.34. The van der Waals surface area contributed by atoms with Crippen molar-refractivity contribution in [3.8, 4) is 22.6 Å². The molecule has 3 aromatic rings. The average molecular weight is 375 g/mol. The summed E-state index contributed by atoms with van der Waals surface area (Å²) in [5, 5.41) is 9.26. The van der Waals surface area contributed by atoms with Crippen molar-refractivity contribution in [2.45, 2.75) is 18.9 Å². The predicted molar refractivity (Wildman–Crippen MR) is 105 cm³/mol. The highest BCUT2D eigenvalue weighted by atomic mass is 16.5. The molecule has 1 N–H and O–H groups in total. The molecule has 28 heavy (non-hydrogen) atoms. The molecule has 1 saturated carbocycles. The van der Waals surface area contributed by atoms with E-state index in [1.807, 2.05) is 54.6 Å². The number of carboxylic acids is 1. The van der Waals surface area contributed by atoms with Gasteiger partial charge in [-0.25, -0.2) is 0 Å². The lowest BCUT2D eigenvalue weighted by atomic mass is 10.0. The summed E-state index contributed by atoms with van der Waals surface area (Å²) in [6.45, 7) is 0.474. The molecule has 0 saturated heterocycles. The number of ether oxygens (including phenoxy) is 2. The number of hydrogen-bond donors (Lipinski definition) is 1. The number of carbonyl (C=O) groups is 1. The van der Waals surface area contributed by atoms with Crippen LogP contribution in [0.5, 0.6) is 11.5 Å². The number of pyridine rings is 1. The second-order valence-electron chi connectivity index (χ2n) is 6.93. The molecule has 0 aliphatic heterocycles. The smallest absolute Gasteiger partial charge is 0.307 e. The summed E-state index contributed by atoms with van der Waals surface area (Å²) in [4.78, 5) is 15.6. The number of aromatic nitrogens is 1. The lowest BCUT2D eigenvalue weighted by Gasteiger charge is -2.12. The molecule has 2 unspecified atom stereocenters. The molecule has 0 bridgehead atoms. The molecule has 1 fully saturated rings. The van der Waals surface area contributed by atoms with Crippen LogP contribution in [0.4, 0.5) is 0 Å². The first-order valence-electron chi connectivity index (χ1n) is 9.18. The molecule has 2 aromatic carbocycles. The fourth-order valence-corrected chi connectivity index (χ4v) is 3.41. The summed E-state index contributed by atoms with van der Waals surface area (Å²) in [5.41, 5.74) is 3.91. The van der Waals surface area contributed by atoms with Crippen molar-refractivity contribution >= 4 is 5.97 Å². The molecular weight excluding hydrogens is 354 g/mol. The maximum absolute atomic E-state index is 11.3. The summed E-state index contributed by atoms with van der Waals surface area (Å²) in [6.07, 6.45) is 4.12. The molecule has 5 nitrogen and oxygen atoms in total. The van der Waals surface area contributed by atoms with Gasteiger partial charge in [0.15, 0.2) is 0 Å². The van der Waals surface area contributed by atoms with Crippen LogP contribution in [-0.2, 0) is 11.4 Å². The Morgan fingerprint density at radius 2 is 1.93 bits per heavy atom. The third-order valence-corrected chi connectivity index (χ3v) is 5.03. The van der Waals surface area contributed by atoms with Gasteiger partial charge in [0.05, 0.1) is 19.2 Å². The van der Waals surface area contributed by atoms with Gasteiger partial charge in [-0.1, -0.05) is 36.4 Å². The third kappa shape index (κ3) is 3.83. The minimum Gasteiger partial charge on any atom is -0.496 e. The Labute approximate surface area is 163 Å². The Morgan fingerprint density at radius 1 is 1.11 bits per heavy atom. The van der Waals surface area contributed by atoms with E-state index in [0.29, 0.717) is 18.8 Å². The molecular formula is C23H21NO4. The minimum absolute atomic E-state index is 0.00197. The summed E-state index contributed by atoms with van der Waals surface area (Å²) >= 11 is 0. The third-order valence-electron chi connectivity index (χ3n) is 5.03. The number of methoxy groups -OCH3 is 1. The van der Waals surface area contributed by atoms with E-state index < -0.39 is 5.97 Å². The molecule has 1 aliphatic carbocycles. The van der Waals surface area contributed by atoms with E-state index in [1.54, 1.807) is 19.5 Å². The Bertz CT molecular complexity index is 987. The van der Waals surface area contributed by atoms with Crippen molar-refractivity contribution in [2.24, 2.45) is 5.92 Å². The largest absolute Gasteiger partial charge is 0.496 e. The molecule has 142 valence electrons. The minimum atomic E-state index is -0.754. The van der Waals surface area contributed by atoms with E-state index >= 15 is 0 Å². The van der Waals surface area contributed by atoms with Gasteiger partial charge in [-0.2, -0.15) is 0 Å². The normalized spacial score (nSPS) is 17.8. The Balaban J connectivity index is 1.56. The fourth-order valence-electron chi connectivity index (χ4n) is 3.41. The highest BCUT2D eigenvalue weighted by molar-refractivity contribution is 5.76. The summed E-state index contributed by atoms with van der Waals surface area (Å²) in [7, 11) is 1.61. The second kappa shape index (κ2) is 7.72.